The fourth-order valence-corrected chi connectivity index (χ4v) is 2.59. The van der Waals surface area contributed by atoms with Crippen LogP contribution in [-0.4, -0.2) is 22.4 Å². The van der Waals surface area contributed by atoms with Crippen LogP contribution in [0.25, 0.3) is 0 Å². The van der Waals surface area contributed by atoms with E-state index in [1.807, 2.05) is 13.0 Å². The van der Waals surface area contributed by atoms with E-state index in [0.717, 1.165) is 12.1 Å². The summed E-state index contributed by atoms with van der Waals surface area (Å²) in [5.74, 6) is -1.15. The summed E-state index contributed by atoms with van der Waals surface area (Å²) >= 11 is 0. The van der Waals surface area contributed by atoms with Crippen molar-refractivity contribution in [1.82, 2.24) is 15.5 Å². The lowest BCUT2D eigenvalue weighted by Crippen LogP contribution is -2.39. The Hall–Kier alpha value is -1.04. The second kappa shape index (κ2) is 5.30. The smallest absolute Gasteiger partial charge is 0.306 e. The van der Waals surface area contributed by atoms with Gasteiger partial charge < -0.3 is 5.32 Å². The van der Waals surface area contributed by atoms with Crippen LogP contribution in [-0.2, 0) is 0 Å². The van der Waals surface area contributed by atoms with E-state index >= 15 is 0 Å². The fourth-order valence-electron chi connectivity index (χ4n) is 2.59. The number of nitrogens with one attached hydrogen (secondary N) is 2. The molecular formula is C12H18F3N3. The van der Waals surface area contributed by atoms with E-state index in [2.05, 4.69) is 15.5 Å². The van der Waals surface area contributed by atoms with E-state index in [0.29, 0.717) is 6.42 Å². The highest BCUT2D eigenvalue weighted by molar-refractivity contribution is 5.03. The van der Waals surface area contributed by atoms with E-state index in [1.165, 1.54) is 0 Å². The predicted molar refractivity (Wildman–Crippen MR) is 61.9 cm³/mol. The van der Waals surface area contributed by atoms with Crippen LogP contribution in [0.5, 0.6) is 0 Å². The standard InChI is InChI=1S/C12H18F3N3/c1-8(11-5-6-16-18-11)17-10-4-2-3-9(7-10)12(13,14)15/h5-6,8-10,17H,2-4,7H2,1H3,(H,16,18). The quantitative estimate of drug-likeness (QED) is 0.877. The van der Waals surface area contributed by atoms with Crippen molar-refractivity contribution >= 4 is 0 Å². The second-order valence-corrected chi connectivity index (χ2v) is 5.00. The minimum Gasteiger partial charge on any atom is -0.306 e. The number of rotatable bonds is 3. The van der Waals surface area contributed by atoms with Crippen LogP contribution in [0.4, 0.5) is 13.2 Å². The van der Waals surface area contributed by atoms with Gasteiger partial charge in [-0.05, 0) is 32.3 Å². The zero-order valence-corrected chi connectivity index (χ0v) is 10.3. The van der Waals surface area contributed by atoms with Crippen LogP contribution < -0.4 is 5.32 Å². The van der Waals surface area contributed by atoms with E-state index in [9.17, 15) is 13.2 Å². The van der Waals surface area contributed by atoms with Crippen molar-refractivity contribution in [2.75, 3.05) is 0 Å². The van der Waals surface area contributed by atoms with Crippen molar-refractivity contribution in [3.63, 3.8) is 0 Å². The van der Waals surface area contributed by atoms with E-state index in [-0.39, 0.29) is 24.9 Å². The van der Waals surface area contributed by atoms with E-state index in [4.69, 9.17) is 0 Å². The molecule has 1 aliphatic carbocycles. The van der Waals surface area contributed by atoms with Crippen LogP contribution >= 0.6 is 0 Å². The molecule has 3 nitrogen and oxygen atoms in total. The Morgan fingerprint density at radius 2 is 2.22 bits per heavy atom. The van der Waals surface area contributed by atoms with Gasteiger partial charge in [-0.1, -0.05) is 6.42 Å². The van der Waals surface area contributed by atoms with Gasteiger partial charge in [0.25, 0.3) is 0 Å². The molecule has 3 unspecified atom stereocenters. The number of hydrogen-bond donors (Lipinski definition) is 2. The normalized spacial score (nSPS) is 27.1. The summed E-state index contributed by atoms with van der Waals surface area (Å²) in [6.45, 7) is 1.94. The van der Waals surface area contributed by atoms with Gasteiger partial charge in [-0.15, -0.1) is 0 Å². The molecule has 0 aliphatic heterocycles. The van der Waals surface area contributed by atoms with Gasteiger partial charge in [0.05, 0.1) is 11.6 Å². The molecule has 18 heavy (non-hydrogen) atoms. The van der Waals surface area contributed by atoms with Crippen LogP contribution in [0, 0.1) is 5.92 Å². The van der Waals surface area contributed by atoms with E-state index in [1.54, 1.807) is 6.20 Å². The Balaban J connectivity index is 1.90. The lowest BCUT2D eigenvalue weighted by atomic mass is 9.85. The summed E-state index contributed by atoms with van der Waals surface area (Å²) in [6, 6.07) is 1.77. The Labute approximate surface area is 104 Å². The molecular weight excluding hydrogens is 243 g/mol. The topological polar surface area (TPSA) is 40.7 Å². The number of hydrogen-bond acceptors (Lipinski definition) is 2. The molecule has 6 heteroatoms. The van der Waals surface area contributed by atoms with Crippen molar-refractivity contribution in [2.45, 2.75) is 50.9 Å². The van der Waals surface area contributed by atoms with Crippen LogP contribution in [0.1, 0.15) is 44.3 Å². The number of nitrogens with zero attached hydrogens (tertiary/aromatic N) is 1. The fraction of sp³-hybridized carbons (Fsp3) is 0.750. The Kier molecular flexibility index (Phi) is 3.94. The molecule has 0 aromatic carbocycles. The summed E-state index contributed by atoms with van der Waals surface area (Å²) in [5, 5.41) is 9.93. The third-order valence-electron chi connectivity index (χ3n) is 3.61. The Bertz CT molecular complexity index is 361. The highest BCUT2D eigenvalue weighted by atomic mass is 19.4. The maximum atomic E-state index is 12.7. The molecule has 1 aromatic rings. The van der Waals surface area contributed by atoms with Gasteiger partial charge in [0.2, 0.25) is 0 Å². The first-order valence-electron chi connectivity index (χ1n) is 6.29. The molecule has 2 rings (SSSR count). The predicted octanol–water partition coefficient (Wildman–Crippen LogP) is 3.18. The van der Waals surface area contributed by atoms with Gasteiger partial charge >= 0.3 is 6.18 Å². The first-order valence-corrected chi connectivity index (χ1v) is 6.29. The third-order valence-corrected chi connectivity index (χ3v) is 3.61. The summed E-state index contributed by atoms with van der Waals surface area (Å²) in [4.78, 5) is 0. The van der Waals surface area contributed by atoms with Crippen LogP contribution in [0.15, 0.2) is 12.3 Å². The minimum absolute atomic E-state index is 0.00415. The van der Waals surface area contributed by atoms with Gasteiger partial charge in [0.1, 0.15) is 0 Å². The average molecular weight is 261 g/mol. The second-order valence-electron chi connectivity index (χ2n) is 5.00. The number of H-pyrrole nitrogens is 1. The van der Waals surface area contributed by atoms with Crippen LogP contribution in [0.3, 0.4) is 0 Å². The number of aromatic nitrogens is 2. The third kappa shape index (κ3) is 3.25. The van der Waals surface area contributed by atoms with Crippen molar-refractivity contribution < 1.29 is 13.2 Å². The summed E-state index contributed by atoms with van der Waals surface area (Å²) in [6.07, 6.45) is -0.519. The highest BCUT2D eigenvalue weighted by Gasteiger charge is 2.42. The Morgan fingerprint density at radius 1 is 1.44 bits per heavy atom. The molecule has 0 spiro atoms. The minimum atomic E-state index is -4.06. The van der Waals surface area contributed by atoms with Gasteiger partial charge in [-0.3, -0.25) is 5.10 Å². The van der Waals surface area contributed by atoms with Gasteiger partial charge in [-0.2, -0.15) is 18.3 Å². The van der Waals surface area contributed by atoms with Crippen molar-refractivity contribution in [3.8, 4) is 0 Å². The monoisotopic (exact) mass is 261 g/mol. The number of alkyl halides is 3. The number of aromatic amines is 1. The molecule has 1 heterocycles. The maximum absolute atomic E-state index is 12.7. The Morgan fingerprint density at radius 3 is 2.83 bits per heavy atom. The molecule has 1 saturated carbocycles. The van der Waals surface area contributed by atoms with Gasteiger partial charge in [0.15, 0.2) is 0 Å². The van der Waals surface area contributed by atoms with Gasteiger partial charge in [-0.25, -0.2) is 0 Å². The molecule has 0 bridgehead atoms. The molecule has 1 aromatic heterocycles. The molecule has 3 atom stereocenters. The molecule has 0 saturated heterocycles. The first kappa shape index (κ1) is 13.4. The zero-order chi connectivity index (χ0) is 13.2. The van der Waals surface area contributed by atoms with Crippen molar-refractivity contribution in [1.29, 1.82) is 0 Å². The average Bonchev–Trinajstić information content (AvgIpc) is 2.81. The lowest BCUT2D eigenvalue weighted by molar-refractivity contribution is -0.183. The lowest BCUT2D eigenvalue weighted by Gasteiger charge is -2.32. The summed E-state index contributed by atoms with van der Waals surface area (Å²) in [7, 11) is 0. The SMILES string of the molecule is CC(NC1CCCC(C(F)(F)F)C1)c1ccn[nH]1. The van der Waals surface area contributed by atoms with Crippen molar-refractivity contribution in [2.24, 2.45) is 5.92 Å². The first-order chi connectivity index (χ1) is 8.47. The van der Waals surface area contributed by atoms with Gasteiger partial charge in [0, 0.05) is 18.3 Å². The number of halogens is 3. The van der Waals surface area contributed by atoms with Crippen molar-refractivity contribution in [3.05, 3.63) is 18.0 Å². The largest absolute Gasteiger partial charge is 0.391 e. The molecule has 102 valence electrons. The summed E-state index contributed by atoms with van der Waals surface area (Å²) in [5.41, 5.74) is 0.907. The van der Waals surface area contributed by atoms with Crippen LogP contribution in [0.2, 0.25) is 0 Å². The molecule has 1 aliphatic rings. The highest BCUT2D eigenvalue weighted by Crippen LogP contribution is 2.37. The summed E-state index contributed by atoms with van der Waals surface area (Å²) < 4.78 is 38.0. The molecule has 0 amide bonds. The molecule has 0 radical (unpaired) electrons. The maximum Gasteiger partial charge on any atom is 0.391 e. The zero-order valence-electron chi connectivity index (χ0n) is 10.3. The molecule has 2 N–H and O–H groups in total. The van der Waals surface area contributed by atoms with E-state index < -0.39 is 12.1 Å². The molecule has 1 fully saturated rings.